The third kappa shape index (κ3) is 2.90. The van der Waals surface area contributed by atoms with Gasteiger partial charge in [-0.15, -0.1) is 0 Å². The van der Waals surface area contributed by atoms with E-state index in [1.54, 1.807) is 0 Å². The van der Waals surface area contributed by atoms with E-state index in [2.05, 4.69) is 24.1 Å². The van der Waals surface area contributed by atoms with Crippen molar-refractivity contribution in [2.45, 2.75) is 32.9 Å². The molecule has 0 aliphatic carbocycles. The number of nitrogens with one attached hydrogen (secondary N) is 2. The second-order valence-corrected chi connectivity index (χ2v) is 6.91. The third-order valence-electron chi connectivity index (χ3n) is 3.23. The molecule has 0 bridgehead atoms. The Labute approximate surface area is 104 Å². The average Bonchev–Trinajstić information content (AvgIpc) is 2.62. The molecule has 0 spiro atoms. The van der Waals surface area contributed by atoms with Gasteiger partial charge in [-0.1, -0.05) is 25.2 Å². The quantitative estimate of drug-likeness (QED) is 0.872. The number of thiazole rings is 1. The Hall–Kier alpha value is -0.260. The first kappa shape index (κ1) is 12.2. The van der Waals surface area contributed by atoms with Gasteiger partial charge in [-0.3, -0.25) is 4.79 Å². The van der Waals surface area contributed by atoms with Gasteiger partial charge in [0.25, 0.3) is 0 Å². The lowest BCUT2D eigenvalue weighted by Gasteiger charge is -2.38. The Morgan fingerprint density at radius 3 is 3.06 bits per heavy atom. The highest BCUT2D eigenvalue weighted by atomic mass is 32.2. The maximum Gasteiger partial charge on any atom is 0.304 e. The van der Waals surface area contributed by atoms with Crippen molar-refractivity contribution in [3.05, 3.63) is 20.7 Å². The van der Waals surface area contributed by atoms with E-state index in [1.807, 2.05) is 17.1 Å². The fourth-order valence-corrected chi connectivity index (χ4v) is 4.13. The highest BCUT2D eigenvalue weighted by Crippen LogP contribution is 2.34. The molecular formula is C11H18N2OS2. The number of hydrogen-bond acceptors (Lipinski definition) is 4. The summed E-state index contributed by atoms with van der Waals surface area (Å²) in [4.78, 5) is 13.9. The summed E-state index contributed by atoms with van der Waals surface area (Å²) in [6.45, 7) is 5.41. The van der Waals surface area contributed by atoms with Crippen molar-refractivity contribution in [3.63, 3.8) is 0 Å². The summed E-state index contributed by atoms with van der Waals surface area (Å²) >= 11 is 3.25. The standard InChI is InChI=1S/C11H18N2OS2/c1-11(2)3-4-15-7-9(11)12-5-8-6-16-10(14)13-8/h6,9,12H,3-5,7H2,1-2H3,(H,13,14). The molecule has 90 valence electrons. The summed E-state index contributed by atoms with van der Waals surface area (Å²) in [6.07, 6.45) is 1.26. The van der Waals surface area contributed by atoms with Gasteiger partial charge in [0, 0.05) is 29.4 Å². The topological polar surface area (TPSA) is 44.9 Å². The molecule has 1 atom stereocenters. The predicted octanol–water partition coefficient (Wildman–Crippen LogP) is 2.06. The molecule has 3 nitrogen and oxygen atoms in total. The van der Waals surface area contributed by atoms with Crippen molar-refractivity contribution in [2.75, 3.05) is 11.5 Å². The number of aromatic amines is 1. The lowest BCUT2D eigenvalue weighted by Crippen LogP contribution is -2.46. The third-order valence-corrected chi connectivity index (χ3v) is 5.01. The lowest BCUT2D eigenvalue weighted by molar-refractivity contribution is 0.244. The van der Waals surface area contributed by atoms with Crippen LogP contribution in [0.4, 0.5) is 0 Å². The van der Waals surface area contributed by atoms with Gasteiger partial charge in [0.2, 0.25) is 0 Å². The van der Waals surface area contributed by atoms with Gasteiger partial charge in [0.15, 0.2) is 0 Å². The second kappa shape index (κ2) is 4.94. The molecule has 1 aromatic heterocycles. The molecule has 1 unspecified atom stereocenters. The van der Waals surface area contributed by atoms with Crippen LogP contribution >= 0.6 is 23.1 Å². The summed E-state index contributed by atoms with van der Waals surface area (Å²) in [7, 11) is 0. The van der Waals surface area contributed by atoms with E-state index in [1.165, 1.54) is 29.3 Å². The van der Waals surface area contributed by atoms with Crippen LogP contribution in [0.15, 0.2) is 10.2 Å². The van der Waals surface area contributed by atoms with Gasteiger partial charge >= 0.3 is 4.87 Å². The molecule has 5 heteroatoms. The molecule has 16 heavy (non-hydrogen) atoms. The molecule has 0 saturated carbocycles. The van der Waals surface area contributed by atoms with Crippen LogP contribution in [0, 0.1) is 5.41 Å². The maximum absolute atomic E-state index is 11.0. The monoisotopic (exact) mass is 258 g/mol. The minimum Gasteiger partial charge on any atom is -0.315 e. The molecule has 1 aliphatic rings. The highest BCUT2D eigenvalue weighted by molar-refractivity contribution is 7.99. The Kier molecular flexibility index (Phi) is 3.77. The smallest absolute Gasteiger partial charge is 0.304 e. The molecule has 0 aromatic carbocycles. The summed E-state index contributed by atoms with van der Waals surface area (Å²) in [6, 6.07) is 0.537. The van der Waals surface area contributed by atoms with Crippen molar-refractivity contribution in [2.24, 2.45) is 5.41 Å². The van der Waals surface area contributed by atoms with Gasteiger partial charge in [0.05, 0.1) is 0 Å². The molecular weight excluding hydrogens is 240 g/mol. The predicted molar refractivity (Wildman–Crippen MR) is 71.3 cm³/mol. The SMILES string of the molecule is CC1(C)CCSCC1NCc1csc(=O)[nH]1. The van der Waals surface area contributed by atoms with Crippen LogP contribution in [-0.4, -0.2) is 22.5 Å². The van der Waals surface area contributed by atoms with Gasteiger partial charge in [-0.25, -0.2) is 0 Å². The molecule has 0 radical (unpaired) electrons. The first-order valence-corrected chi connectivity index (χ1v) is 7.59. The molecule has 2 rings (SSSR count). The van der Waals surface area contributed by atoms with Crippen molar-refractivity contribution < 1.29 is 0 Å². The molecule has 2 heterocycles. The minimum atomic E-state index is 0.0362. The van der Waals surface area contributed by atoms with Crippen LogP contribution in [0.2, 0.25) is 0 Å². The van der Waals surface area contributed by atoms with Crippen LogP contribution in [0.1, 0.15) is 26.0 Å². The van der Waals surface area contributed by atoms with Crippen LogP contribution in [0.25, 0.3) is 0 Å². The van der Waals surface area contributed by atoms with Crippen molar-refractivity contribution in [1.82, 2.24) is 10.3 Å². The number of rotatable bonds is 3. The van der Waals surface area contributed by atoms with Crippen molar-refractivity contribution in [3.8, 4) is 0 Å². The Balaban J connectivity index is 1.91. The van der Waals surface area contributed by atoms with E-state index in [-0.39, 0.29) is 4.87 Å². The first-order chi connectivity index (χ1) is 7.58. The lowest BCUT2D eigenvalue weighted by atomic mass is 9.82. The number of H-pyrrole nitrogens is 1. The highest BCUT2D eigenvalue weighted by Gasteiger charge is 2.31. The normalized spacial score (nSPS) is 24.5. The minimum absolute atomic E-state index is 0.0362. The summed E-state index contributed by atoms with van der Waals surface area (Å²) in [5, 5.41) is 5.46. The molecule has 1 aromatic rings. The zero-order chi connectivity index (χ0) is 11.6. The molecule has 0 amide bonds. The van der Waals surface area contributed by atoms with Gasteiger partial charge < -0.3 is 10.3 Å². The van der Waals surface area contributed by atoms with Crippen LogP contribution in [-0.2, 0) is 6.54 Å². The maximum atomic E-state index is 11.0. The second-order valence-electron chi connectivity index (χ2n) is 4.92. The average molecular weight is 258 g/mol. The number of aromatic nitrogens is 1. The van der Waals surface area contributed by atoms with E-state index >= 15 is 0 Å². The first-order valence-electron chi connectivity index (χ1n) is 5.56. The molecule has 1 saturated heterocycles. The Morgan fingerprint density at radius 2 is 2.44 bits per heavy atom. The van der Waals surface area contributed by atoms with E-state index in [9.17, 15) is 4.79 Å². The fraction of sp³-hybridized carbons (Fsp3) is 0.727. The Bertz CT molecular complexity index is 397. The van der Waals surface area contributed by atoms with Crippen molar-refractivity contribution in [1.29, 1.82) is 0 Å². The van der Waals surface area contributed by atoms with E-state index < -0.39 is 0 Å². The van der Waals surface area contributed by atoms with Gasteiger partial charge in [-0.2, -0.15) is 11.8 Å². The van der Waals surface area contributed by atoms with E-state index in [0.29, 0.717) is 11.5 Å². The van der Waals surface area contributed by atoms with Crippen LogP contribution < -0.4 is 10.2 Å². The van der Waals surface area contributed by atoms with Crippen LogP contribution in [0.5, 0.6) is 0 Å². The number of hydrogen-bond donors (Lipinski definition) is 2. The largest absolute Gasteiger partial charge is 0.315 e. The summed E-state index contributed by atoms with van der Waals surface area (Å²) in [5.74, 6) is 2.43. The van der Waals surface area contributed by atoms with E-state index in [4.69, 9.17) is 0 Å². The molecule has 2 N–H and O–H groups in total. The molecule has 1 fully saturated rings. The summed E-state index contributed by atoms with van der Waals surface area (Å²) < 4.78 is 0. The van der Waals surface area contributed by atoms with E-state index in [0.717, 1.165) is 12.2 Å². The molecule has 1 aliphatic heterocycles. The fourth-order valence-electron chi connectivity index (χ4n) is 1.91. The number of thioether (sulfide) groups is 1. The van der Waals surface area contributed by atoms with Gasteiger partial charge in [0.1, 0.15) is 0 Å². The zero-order valence-electron chi connectivity index (χ0n) is 9.71. The van der Waals surface area contributed by atoms with Crippen LogP contribution in [0.3, 0.4) is 0 Å². The Morgan fingerprint density at radius 1 is 1.62 bits per heavy atom. The summed E-state index contributed by atoms with van der Waals surface area (Å²) in [5.41, 5.74) is 1.36. The van der Waals surface area contributed by atoms with Crippen molar-refractivity contribution >= 4 is 23.1 Å². The zero-order valence-corrected chi connectivity index (χ0v) is 11.3. The van der Waals surface area contributed by atoms with Gasteiger partial charge in [-0.05, 0) is 17.6 Å².